The van der Waals surface area contributed by atoms with Crippen LogP contribution in [0, 0.1) is 0 Å². The Morgan fingerprint density at radius 1 is 1.05 bits per heavy atom. The van der Waals surface area contributed by atoms with Gasteiger partial charge in [-0.05, 0) is 24.1 Å². The molecule has 2 N–H and O–H groups in total. The van der Waals surface area contributed by atoms with Gasteiger partial charge in [-0.2, -0.15) is 0 Å². The molecule has 0 bridgehead atoms. The molecule has 20 heavy (non-hydrogen) atoms. The molecule has 0 amide bonds. The lowest BCUT2D eigenvalue weighted by Gasteiger charge is -2.13. The van der Waals surface area contributed by atoms with Crippen molar-refractivity contribution in [3.63, 3.8) is 0 Å². The van der Waals surface area contributed by atoms with E-state index in [1.165, 1.54) is 7.11 Å². The van der Waals surface area contributed by atoms with Gasteiger partial charge < -0.3 is 15.2 Å². The van der Waals surface area contributed by atoms with Crippen LogP contribution in [0.1, 0.15) is 5.56 Å². The van der Waals surface area contributed by atoms with Crippen LogP contribution < -0.4 is 15.2 Å². The molecule has 1 atom stereocenters. The number of hydrogen-bond acceptors (Lipinski definition) is 4. The van der Waals surface area contributed by atoms with Crippen molar-refractivity contribution in [3.8, 4) is 11.5 Å². The first-order valence-electron chi connectivity index (χ1n) is 6.35. The summed E-state index contributed by atoms with van der Waals surface area (Å²) >= 11 is 0. The number of hydrogen-bond donors (Lipinski definition) is 1. The molecule has 0 aliphatic heterocycles. The Morgan fingerprint density at radius 2 is 1.65 bits per heavy atom. The number of para-hydroxylation sites is 2. The summed E-state index contributed by atoms with van der Waals surface area (Å²) in [6.45, 7) is 0. The van der Waals surface area contributed by atoms with Gasteiger partial charge in [-0.25, -0.2) is 4.79 Å². The fourth-order valence-electron chi connectivity index (χ4n) is 1.84. The fourth-order valence-corrected chi connectivity index (χ4v) is 1.84. The molecule has 2 aromatic carbocycles. The van der Waals surface area contributed by atoms with Crippen LogP contribution in [0.5, 0.6) is 11.5 Å². The molecule has 104 valence electrons. The average Bonchev–Trinajstić information content (AvgIpc) is 2.48. The van der Waals surface area contributed by atoms with Gasteiger partial charge in [0.25, 0.3) is 0 Å². The number of carbonyl (C=O) groups is 1. The molecule has 4 heteroatoms. The van der Waals surface area contributed by atoms with Gasteiger partial charge in [-0.15, -0.1) is 0 Å². The number of nitrogens with two attached hydrogens (primary N) is 1. The van der Waals surface area contributed by atoms with Crippen LogP contribution in [0.3, 0.4) is 0 Å². The summed E-state index contributed by atoms with van der Waals surface area (Å²) in [5, 5.41) is 0. The van der Waals surface area contributed by atoms with Crippen molar-refractivity contribution < 1.29 is 14.3 Å². The van der Waals surface area contributed by atoms with E-state index in [0.717, 1.165) is 5.56 Å². The molecule has 0 aliphatic rings. The quantitative estimate of drug-likeness (QED) is 0.668. The summed E-state index contributed by atoms with van der Waals surface area (Å²) in [4.78, 5) is 12.0. The molecule has 0 saturated carbocycles. The largest absolute Gasteiger partial charge is 0.493 e. The van der Waals surface area contributed by atoms with Gasteiger partial charge in [0, 0.05) is 0 Å². The second-order valence-corrected chi connectivity index (χ2v) is 4.37. The first-order valence-corrected chi connectivity index (χ1v) is 6.35. The van der Waals surface area contributed by atoms with Crippen LogP contribution >= 0.6 is 0 Å². The zero-order valence-corrected chi connectivity index (χ0v) is 11.3. The zero-order valence-electron chi connectivity index (χ0n) is 11.3. The lowest BCUT2D eigenvalue weighted by molar-refractivity contribution is -0.135. The maximum absolute atomic E-state index is 12.0. The number of methoxy groups -OCH3 is 1. The fraction of sp³-hybridized carbons (Fsp3) is 0.188. The number of carbonyl (C=O) groups excluding carboxylic acids is 1. The predicted molar refractivity (Wildman–Crippen MR) is 76.8 cm³/mol. The third kappa shape index (κ3) is 3.59. The summed E-state index contributed by atoms with van der Waals surface area (Å²) in [6, 6.07) is 15.9. The molecular formula is C16H17NO3. The lowest BCUT2D eigenvalue weighted by atomic mass is 10.1. The molecule has 0 unspecified atom stereocenters. The Balaban J connectivity index is 2.01. The lowest BCUT2D eigenvalue weighted by Crippen LogP contribution is -2.36. The van der Waals surface area contributed by atoms with Crippen LogP contribution in [-0.2, 0) is 11.2 Å². The minimum atomic E-state index is -0.706. The van der Waals surface area contributed by atoms with E-state index in [1.807, 2.05) is 30.3 Å². The van der Waals surface area contributed by atoms with Crippen LogP contribution in [0.15, 0.2) is 54.6 Å². The number of benzene rings is 2. The molecule has 0 saturated heterocycles. The maximum Gasteiger partial charge on any atom is 0.328 e. The molecule has 0 aliphatic carbocycles. The molecule has 2 aromatic rings. The monoisotopic (exact) mass is 271 g/mol. The van der Waals surface area contributed by atoms with E-state index >= 15 is 0 Å². The van der Waals surface area contributed by atoms with Gasteiger partial charge >= 0.3 is 5.97 Å². The van der Waals surface area contributed by atoms with Crippen molar-refractivity contribution in [2.75, 3.05) is 7.11 Å². The molecule has 0 fully saturated rings. The maximum atomic E-state index is 12.0. The van der Waals surface area contributed by atoms with Crippen LogP contribution in [0.25, 0.3) is 0 Å². The zero-order chi connectivity index (χ0) is 14.4. The van der Waals surface area contributed by atoms with Crippen LogP contribution in [0.4, 0.5) is 0 Å². The summed E-state index contributed by atoms with van der Waals surface area (Å²) in [5.74, 6) is 0.412. The van der Waals surface area contributed by atoms with Crippen LogP contribution in [-0.4, -0.2) is 19.1 Å². The van der Waals surface area contributed by atoms with Crippen LogP contribution in [0.2, 0.25) is 0 Å². The van der Waals surface area contributed by atoms with Gasteiger partial charge in [0.15, 0.2) is 11.5 Å². The van der Waals surface area contributed by atoms with E-state index in [0.29, 0.717) is 17.9 Å². The van der Waals surface area contributed by atoms with Crippen molar-refractivity contribution >= 4 is 5.97 Å². The number of rotatable bonds is 5. The van der Waals surface area contributed by atoms with Crippen molar-refractivity contribution in [1.29, 1.82) is 0 Å². The summed E-state index contributed by atoms with van der Waals surface area (Å²) in [5.41, 5.74) is 6.87. The first-order chi connectivity index (χ1) is 9.70. The molecule has 0 heterocycles. The highest BCUT2D eigenvalue weighted by Crippen LogP contribution is 2.26. The van der Waals surface area contributed by atoms with Crippen molar-refractivity contribution in [3.05, 3.63) is 60.2 Å². The molecule has 4 nitrogen and oxygen atoms in total. The highest BCUT2D eigenvalue weighted by molar-refractivity contribution is 5.79. The van der Waals surface area contributed by atoms with Gasteiger partial charge in [-0.3, -0.25) is 0 Å². The smallest absolute Gasteiger partial charge is 0.328 e. The molecule has 0 aromatic heterocycles. The Hall–Kier alpha value is -2.33. The Labute approximate surface area is 118 Å². The van der Waals surface area contributed by atoms with E-state index in [2.05, 4.69) is 0 Å². The van der Waals surface area contributed by atoms with Gasteiger partial charge in [0.2, 0.25) is 0 Å². The number of ether oxygens (including phenoxy) is 2. The molecule has 2 rings (SSSR count). The first kappa shape index (κ1) is 14.1. The number of esters is 1. The second kappa shape index (κ2) is 6.73. The van der Waals surface area contributed by atoms with Gasteiger partial charge in [-0.1, -0.05) is 42.5 Å². The minimum absolute atomic E-state index is 0.378. The SMILES string of the molecule is COc1ccccc1OC(=O)[C@@H](N)Cc1ccccc1. The van der Waals surface area contributed by atoms with Crippen molar-refractivity contribution in [1.82, 2.24) is 0 Å². The summed E-state index contributed by atoms with van der Waals surface area (Å²) in [6.07, 6.45) is 0.439. The van der Waals surface area contributed by atoms with Gasteiger partial charge in [0.1, 0.15) is 6.04 Å². The van der Waals surface area contributed by atoms with E-state index in [-0.39, 0.29) is 0 Å². The minimum Gasteiger partial charge on any atom is -0.493 e. The summed E-state index contributed by atoms with van der Waals surface area (Å²) in [7, 11) is 1.52. The topological polar surface area (TPSA) is 61.5 Å². The highest BCUT2D eigenvalue weighted by Gasteiger charge is 2.18. The Morgan fingerprint density at radius 3 is 2.30 bits per heavy atom. The predicted octanol–water partition coefficient (Wildman–Crippen LogP) is 2.17. The Bertz CT molecular complexity index is 569. The average molecular weight is 271 g/mol. The molecular weight excluding hydrogens is 254 g/mol. The highest BCUT2D eigenvalue weighted by atomic mass is 16.6. The summed E-state index contributed by atoms with van der Waals surface area (Å²) < 4.78 is 10.4. The third-order valence-electron chi connectivity index (χ3n) is 2.88. The second-order valence-electron chi connectivity index (χ2n) is 4.37. The van der Waals surface area contributed by atoms with E-state index in [1.54, 1.807) is 24.3 Å². The van der Waals surface area contributed by atoms with E-state index in [9.17, 15) is 4.79 Å². The van der Waals surface area contributed by atoms with E-state index in [4.69, 9.17) is 15.2 Å². The third-order valence-corrected chi connectivity index (χ3v) is 2.88. The van der Waals surface area contributed by atoms with Gasteiger partial charge in [0.05, 0.1) is 7.11 Å². The molecule has 0 spiro atoms. The van der Waals surface area contributed by atoms with Crippen molar-refractivity contribution in [2.24, 2.45) is 5.73 Å². The van der Waals surface area contributed by atoms with Crippen molar-refractivity contribution in [2.45, 2.75) is 12.5 Å². The molecule has 0 radical (unpaired) electrons. The van der Waals surface area contributed by atoms with E-state index < -0.39 is 12.0 Å². The standard InChI is InChI=1S/C16H17NO3/c1-19-14-9-5-6-10-15(14)20-16(18)13(17)11-12-7-3-2-4-8-12/h2-10,13H,11,17H2,1H3/t13-/m0/s1. The normalized spacial score (nSPS) is 11.7. The Kier molecular flexibility index (Phi) is 4.74.